The SMILES string of the molecule is COc1cc(NC(=O)C(O)C2=CCCC(F)=C2)ccc1-c1cn(C)c2nc(C)nc(N)c12. The summed E-state index contributed by atoms with van der Waals surface area (Å²) in [5, 5.41) is 13.7. The summed E-state index contributed by atoms with van der Waals surface area (Å²) in [4.78, 5) is 21.2. The molecule has 2 aromatic heterocycles. The molecule has 0 radical (unpaired) electrons. The number of carbonyl (C=O) groups excluding carboxylic acids is 1. The summed E-state index contributed by atoms with van der Waals surface area (Å²) < 4.78 is 20.9. The van der Waals surface area contributed by atoms with Crippen LogP contribution in [0, 0.1) is 6.92 Å². The topological polar surface area (TPSA) is 115 Å². The van der Waals surface area contributed by atoms with E-state index in [2.05, 4.69) is 15.3 Å². The number of amides is 1. The molecule has 1 aliphatic rings. The lowest BCUT2D eigenvalue weighted by Crippen LogP contribution is -2.29. The second-order valence-electron chi connectivity index (χ2n) is 7.65. The summed E-state index contributed by atoms with van der Waals surface area (Å²) in [7, 11) is 3.40. The van der Waals surface area contributed by atoms with E-state index in [0.717, 1.165) is 11.1 Å². The first kappa shape index (κ1) is 21.5. The molecule has 1 aliphatic carbocycles. The van der Waals surface area contributed by atoms with Crippen molar-refractivity contribution in [1.29, 1.82) is 0 Å². The van der Waals surface area contributed by atoms with Crippen LogP contribution in [0.3, 0.4) is 0 Å². The van der Waals surface area contributed by atoms with Crippen molar-refractivity contribution in [3.8, 4) is 16.9 Å². The number of fused-ring (bicyclic) bond motifs is 1. The number of hydrogen-bond acceptors (Lipinski definition) is 6. The molecule has 0 aliphatic heterocycles. The third kappa shape index (κ3) is 3.94. The standard InChI is InChI=1S/C23H24FN5O3/c1-12-26-21(25)19-17(11-29(2)22(19)27-12)16-8-7-15(10-18(16)32-3)28-23(31)20(30)13-5-4-6-14(24)9-13/h5,7-11,20,30H,4,6H2,1-3H3,(H,28,31)(H2,25,26,27). The first-order valence-electron chi connectivity index (χ1n) is 10.1. The summed E-state index contributed by atoms with van der Waals surface area (Å²) in [5.74, 6) is 0.428. The van der Waals surface area contributed by atoms with Crippen LogP contribution in [-0.4, -0.2) is 38.8 Å². The lowest BCUT2D eigenvalue weighted by molar-refractivity contribution is -0.122. The number of carbonyl (C=O) groups is 1. The Kier molecular flexibility index (Phi) is 5.67. The van der Waals surface area contributed by atoms with E-state index in [0.29, 0.717) is 40.5 Å². The van der Waals surface area contributed by atoms with Gasteiger partial charge < -0.3 is 25.5 Å². The summed E-state index contributed by atoms with van der Waals surface area (Å²) in [6.07, 6.45) is 4.01. The lowest BCUT2D eigenvalue weighted by Gasteiger charge is -2.16. The fraction of sp³-hybridized carbons (Fsp3) is 0.261. The van der Waals surface area contributed by atoms with Crippen LogP contribution in [0.5, 0.6) is 5.75 Å². The number of aryl methyl sites for hydroxylation is 2. The highest BCUT2D eigenvalue weighted by Crippen LogP contribution is 2.39. The molecule has 1 unspecified atom stereocenters. The average Bonchev–Trinajstić information content (AvgIpc) is 3.09. The maximum Gasteiger partial charge on any atom is 0.257 e. The highest BCUT2D eigenvalue weighted by molar-refractivity contribution is 6.02. The van der Waals surface area contributed by atoms with Crippen molar-refractivity contribution in [2.75, 3.05) is 18.2 Å². The van der Waals surface area contributed by atoms with Gasteiger partial charge in [-0.15, -0.1) is 0 Å². The average molecular weight is 437 g/mol. The molecular formula is C23H24FN5O3. The number of anilines is 2. The molecule has 166 valence electrons. The minimum Gasteiger partial charge on any atom is -0.496 e. The molecule has 1 atom stereocenters. The number of benzene rings is 1. The fourth-order valence-corrected chi connectivity index (χ4v) is 3.85. The van der Waals surface area contributed by atoms with E-state index >= 15 is 0 Å². The normalized spacial score (nSPS) is 14.7. The Morgan fingerprint density at radius 2 is 2.12 bits per heavy atom. The second-order valence-corrected chi connectivity index (χ2v) is 7.65. The molecule has 2 heterocycles. The van der Waals surface area contributed by atoms with Crippen LogP contribution < -0.4 is 15.8 Å². The number of halogens is 1. The number of nitrogen functional groups attached to an aromatic ring is 1. The number of hydrogen-bond donors (Lipinski definition) is 3. The molecule has 4 N–H and O–H groups in total. The highest BCUT2D eigenvalue weighted by Gasteiger charge is 2.22. The number of methoxy groups -OCH3 is 1. The summed E-state index contributed by atoms with van der Waals surface area (Å²) >= 11 is 0. The van der Waals surface area contributed by atoms with Gasteiger partial charge in [-0.05, 0) is 37.1 Å². The first-order chi connectivity index (χ1) is 15.3. The first-order valence-corrected chi connectivity index (χ1v) is 10.1. The molecule has 3 aromatic rings. The third-order valence-electron chi connectivity index (χ3n) is 5.37. The van der Waals surface area contributed by atoms with Crippen molar-refractivity contribution >= 4 is 28.4 Å². The number of aromatic nitrogens is 3. The summed E-state index contributed by atoms with van der Waals surface area (Å²) in [6.45, 7) is 1.78. The van der Waals surface area contributed by atoms with E-state index in [1.54, 1.807) is 31.2 Å². The monoisotopic (exact) mass is 437 g/mol. The van der Waals surface area contributed by atoms with Crippen LogP contribution in [0.15, 0.2) is 47.9 Å². The number of aliphatic hydroxyl groups excluding tert-OH is 1. The van der Waals surface area contributed by atoms with Crippen LogP contribution >= 0.6 is 0 Å². The van der Waals surface area contributed by atoms with E-state index in [9.17, 15) is 14.3 Å². The predicted molar refractivity (Wildman–Crippen MR) is 121 cm³/mol. The third-order valence-corrected chi connectivity index (χ3v) is 5.37. The van der Waals surface area contributed by atoms with Gasteiger partial charge in [-0.3, -0.25) is 4.79 Å². The van der Waals surface area contributed by atoms with Crippen LogP contribution in [0.2, 0.25) is 0 Å². The number of nitrogens with one attached hydrogen (secondary N) is 1. The van der Waals surface area contributed by atoms with Gasteiger partial charge in [0.1, 0.15) is 28.9 Å². The Morgan fingerprint density at radius 3 is 2.84 bits per heavy atom. The van der Waals surface area contributed by atoms with Gasteiger partial charge in [-0.25, -0.2) is 14.4 Å². The maximum absolute atomic E-state index is 13.5. The number of nitrogens with zero attached hydrogens (tertiary/aromatic N) is 3. The highest BCUT2D eigenvalue weighted by atomic mass is 19.1. The molecule has 4 rings (SSSR count). The Hall–Kier alpha value is -3.72. The zero-order valence-electron chi connectivity index (χ0n) is 18.0. The van der Waals surface area contributed by atoms with Crippen molar-refractivity contribution in [1.82, 2.24) is 14.5 Å². The zero-order valence-corrected chi connectivity index (χ0v) is 18.0. The van der Waals surface area contributed by atoms with Crippen LogP contribution in [0.4, 0.5) is 15.9 Å². The number of ether oxygens (including phenoxy) is 1. The Balaban J connectivity index is 1.65. The van der Waals surface area contributed by atoms with Gasteiger partial charge in [-0.2, -0.15) is 0 Å². The zero-order chi connectivity index (χ0) is 23.0. The largest absolute Gasteiger partial charge is 0.496 e. The lowest BCUT2D eigenvalue weighted by atomic mass is 10.0. The minimum atomic E-state index is -1.47. The van der Waals surface area contributed by atoms with Crippen LogP contribution in [-0.2, 0) is 11.8 Å². The Morgan fingerprint density at radius 1 is 1.34 bits per heavy atom. The van der Waals surface area contributed by atoms with Gasteiger partial charge in [0.2, 0.25) is 0 Å². The quantitative estimate of drug-likeness (QED) is 0.563. The molecule has 9 heteroatoms. The smallest absolute Gasteiger partial charge is 0.257 e. The van der Waals surface area contributed by atoms with E-state index < -0.39 is 12.0 Å². The van der Waals surface area contributed by atoms with E-state index in [1.165, 1.54) is 13.2 Å². The van der Waals surface area contributed by atoms with Gasteiger partial charge in [0.05, 0.1) is 12.5 Å². The molecule has 0 saturated heterocycles. The summed E-state index contributed by atoms with van der Waals surface area (Å²) in [6, 6.07) is 5.13. The molecule has 8 nitrogen and oxygen atoms in total. The number of allylic oxidation sites excluding steroid dienone is 2. The van der Waals surface area contributed by atoms with Crippen molar-refractivity contribution in [3.63, 3.8) is 0 Å². The van der Waals surface area contributed by atoms with Crippen molar-refractivity contribution in [2.24, 2.45) is 7.05 Å². The van der Waals surface area contributed by atoms with Gasteiger partial charge in [0.25, 0.3) is 5.91 Å². The molecule has 0 fully saturated rings. The molecule has 1 aromatic carbocycles. The van der Waals surface area contributed by atoms with Crippen molar-refractivity contribution < 1.29 is 19.0 Å². The minimum absolute atomic E-state index is 0.247. The van der Waals surface area contributed by atoms with E-state index in [1.807, 2.05) is 17.8 Å². The molecule has 0 spiro atoms. The van der Waals surface area contributed by atoms with E-state index in [-0.39, 0.29) is 17.8 Å². The van der Waals surface area contributed by atoms with E-state index in [4.69, 9.17) is 10.5 Å². The molecule has 0 bridgehead atoms. The number of rotatable bonds is 5. The van der Waals surface area contributed by atoms with Gasteiger partial charge in [0, 0.05) is 42.5 Å². The number of aliphatic hydroxyl groups is 1. The predicted octanol–water partition coefficient (Wildman–Crippen LogP) is 3.41. The van der Waals surface area contributed by atoms with Crippen molar-refractivity contribution in [2.45, 2.75) is 25.9 Å². The van der Waals surface area contributed by atoms with Crippen LogP contribution in [0.1, 0.15) is 18.7 Å². The molecule has 0 saturated carbocycles. The molecular weight excluding hydrogens is 413 g/mol. The van der Waals surface area contributed by atoms with Crippen molar-refractivity contribution in [3.05, 3.63) is 53.8 Å². The van der Waals surface area contributed by atoms with Gasteiger partial charge >= 0.3 is 0 Å². The Labute approximate surface area is 184 Å². The number of nitrogens with two attached hydrogens (primary N) is 1. The maximum atomic E-state index is 13.5. The van der Waals surface area contributed by atoms with Crippen LogP contribution in [0.25, 0.3) is 22.2 Å². The second kappa shape index (κ2) is 8.43. The summed E-state index contributed by atoms with van der Waals surface area (Å²) in [5.41, 5.74) is 9.10. The Bertz CT molecular complexity index is 1280. The van der Waals surface area contributed by atoms with Gasteiger partial charge in [0.15, 0.2) is 6.10 Å². The molecule has 32 heavy (non-hydrogen) atoms. The van der Waals surface area contributed by atoms with Gasteiger partial charge in [-0.1, -0.05) is 6.08 Å². The fourth-order valence-electron chi connectivity index (χ4n) is 3.85. The molecule has 1 amide bonds.